The molecule has 0 aromatic heterocycles. The summed E-state index contributed by atoms with van der Waals surface area (Å²) in [7, 11) is -3.60. The summed E-state index contributed by atoms with van der Waals surface area (Å²) >= 11 is 0. The molecule has 25 heavy (non-hydrogen) atoms. The van der Waals surface area contributed by atoms with E-state index in [1.165, 1.54) is 11.1 Å². The molecule has 1 N–H and O–H groups in total. The minimum absolute atomic E-state index is 0.285. The highest BCUT2D eigenvalue weighted by Gasteiger charge is 2.26. The third-order valence-electron chi connectivity index (χ3n) is 5.32. The Morgan fingerprint density at radius 1 is 0.920 bits per heavy atom. The number of nitrogens with one attached hydrogen (secondary N) is 1. The molecule has 0 aliphatic heterocycles. The van der Waals surface area contributed by atoms with E-state index in [1.807, 2.05) is 48.5 Å². The fourth-order valence-electron chi connectivity index (χ4n) is 3.65. The van der Waals surface area contributed by atoms with Crippen molar-refractivity contribution in [1.82, 2.24) is 0 Å². The molecular weight excluding hydrogens is 330 g/mol. The van der Waals surface area contributed by atoms with Crippen LogP contribution in [0.15, 0.2) is 65.6 Å². The second-order valence-corrected chi connectivity index (χ2v) is 8.68. The molecular formula is C21H21NO2S. The Balaban J connectivity index is 1.67. The van der Waals surface area contributed by atoms with Crippen molar-refractivity contribution in [2.75, 3.05) is 4.72 Å². The molecule has 4 rings (SSSR count). The van der Waals surface area contributed by atoms with E-state index in [2.05, 4.69) is 18.6 Å². The molecule has 0 heterocycles. The number of hydrogen-bond acceptors (Lipinski definition) is 2. The highest BCUT2D eigenvalue weighted by Crippen LogP contribution is 2.38. The molecule has 2 unspecified atom stereocenters. The third kappa shape index (κ3) is 2.91. The van der Waals surface area contributed by atoms with Crippen LogP contribution in [0.2, 0.25) is 0 Å². The summed E-state index contributed by atoms with van der Waals surface area (Å²) < 4.78 is 28.3. The molecule has 0 radical (unpaired) electrons. The SMILES string of the molecule is CC1Cc2ccc(NS(=O)(=O)c3ccc4ccccc4c3)cc2C1C. The predicted molar refractivity (Wildman–Crippen MR) is 102 cm³/mol. The van der Waals surface area contributed by atoms with Crippen molar-refractivity contribution in [3.05, 3.63) is 71.8 Å². The van der Waals surface area contributed by atoms with Crippen LogP contribution in [0.1, 0.15) is 30.9 Å². The minimum Gasteiger partial charge on any atom is -0.280 e. The van der Waals surface area contributed by atoms with Crippen LogP contribution in [-0.2, 0) is 16.4 Å². The van der Waals surface area contributed by atoms with Gasteiger partial charge in [-0.05, 0) is 64.4 Å². The summed E-state index contributed by atoms with van der Waals surface area (Å²) in [5.74, 6) is 1.06. The Hall–Kier alpha value is -2.33. The van der Waals surface area contributed by atoms with E-state index < -0.39 is 10.0 Å². The Morgan fingerprint density at radius 2 is 1.68 bits per heavy atom. The fraction of sp³-hybridized carbons (Fsp3) is 0.238. The smallest absolute Gasteiger partial charge is 0.261 e. The van der Waals surface area contributed by atoms with Crippen LogP contribution in [0, 0.1) is 5.92 Å². The van der Waals surface area contributed by atoms with Gasteiger partial charge in [-0.2, -0.15) is 0 Å². The van der Waals surface area contributed by atoms with E-state index in [0.29, 0.717) is 17.5 Å². The summed E-state index contributed by atoms with van der Waals surface area (Å²) in [5.41, 5.74) is 3.22. The standard InChI is InChI=1S/C21H21NO2S/c1-14-11-18-7-9-19(13-21(18)15(14)2)22-25(23,24)20-10-8-16-5-3-4-6-17(16)12-20/h3-10,12-15,22H,11H2,1-2H3. The van der Waals surface area contributed by atoms with Crippen molar-refractivity contribution in [3.8, 4) is 0 Å². The Kier molecular flexibility index (Phi) is 3.80. The molecule has 0 amide bonds. The van der Waals surface area contributed by atoms with Crippen LogP contribution in [0.4, 0.5) is 5.69 Å². The molecule has 128 valence electrons. The van der Waals surface area contributed by atoms with Gasteiger partial charge in [-0.25, -0.2) is 8.42 Å². The van der Waals surface area contributed by atoms with Crippen molar-refractivity contribution in [2.24, 2.45) is 5.92 Å². The molecule has 1 aliphatic carbocycles. The van der Waals surface area contributed by atoms with Crippen molar-refractivity contribution in [2.45, 2.75) is 31.1 Å². The molecule has 1 aliphatic rings. The number of benzene rings is 3. The largest absolute Gasteiger partial charge is 0.280 e. The fourth-order valence-corrected chi connectivity index (χ4v) is 4.73. The quantitative estimate of drug-likeness (QED) is 0.727. The zero-order chi connectivity index (χ0) is 17.6. The molecule has 3 aromatic rings. The van der Waals surface area contributed by atoms with Gasteiger partial charge >= 0.3 is 0 Å². The lowest BCUT2D eigenvalue weighted by atomic mass is 9.96. The van der Waals surface area contributed by atoms with Crippen molar-refractivity contribution in [3.63, 3.8) is 0 Å². The van der Waals surface area contributed by atoms with Crippen LogP contribution < -0.4 is 4.72 Å². The Bertz CT molecular complexity index is 1060. The summed E-state index contributed by atoms with van der Waals surface area (Å²) in [5, 5.41) is 1.95. The van der Waals surface area contributed by atoms with Gasteiger partial charge in [0.15, 0.2) is 0 Å². The van der Waals surface area contributed by atoms with Crippen LogP contribution >= 0.6 is 0 Å². The highest BCUT2D eigenvalue weighted by atomic mass is 32.2. The van der Waals surface area contributed by atoms with E-state index in [4.69, 9.17) is 0 Å². The van der Waals surface area contributed by atoms with Gasteiger partial charge in [0, 0.05) is 5.69 Å². The first-order valence-corrected chi connectivity index (χ1v) is 10.1. The molecule has 0 fully saturated rings. The van der Waals surface area contributed by atoms with E-state index in [0.717, 1.165) is 17.2 Å². The molecule has 3 aromatic carbocycles. The van der Waals surface area contributed by atoms with Crippen LogP contribution in [0.25, 0.3) is 10.8 Å². The summed E-state index contributed by atoms with van der Waals surface area (Å²) in [6.45, 7) is 4.45. The first-order valence-electron chi connectivity index (χ1n) is 8.58. The minimum atomic E-state index is -3.60. The van der Waals surface area contributed by atoms with E-state index >= 15 is 0 Å². The van der Waals surface area contributed by atoms with Gasteiger partial charge in [0.1, 0.15) is 0 Å². The van der Waals surface area contributed by atoms with Gasteiger partial charge in [0.25, 0.3) is 10.0 Å². The maximum absolute atomic E-state index is 12.8. The number of fused-ring (bicyclic) bond motifs is 2. The second-order valence-electron chi connectivity index (χ2n) is 7.00. The van der Waals surface area contributed by atoms with Gasteiger partial charge in [-0.3, -0.25) is 4.72 Å². The van der Waals surface area contributed by atoms with E-state index in [9.17, 15) is 8.42 Å². The van der Waals surface area contributed by atoms with Crippen molar-refractivity contribution >= 4 is 26.5 Å². The highest BCUT2D eigenvalue weighted by molar-refractivity contribution is 7.92. The van der Waals surface area contributed by atoms with E-state index in [1.54, 1.807) is 12.1 Å². The molecule has 3 nitrogen and oxygen atoms in total. The normalized spacial score (nSPS) is 19.8. The molecule has 0 saturated heterocycles. The summed E-state index contributed by atoms with van der Waals surface area (Å²) in [4.78, 5) is 0.285. The van der Waals surface area contributed by atoms with Crippen molar-refractivity contribution < 1.29 is 8.42 Å². The number of anilines is 1. The Morgan fingerprint density at radius 3 is 2.48 bits per heavy atom. The Labute approximate surface area is 148 Å². The second kappa shape index (κ2) is 5.88. The number of rotatable bonds is 3. The van der Waals surface area contributed by atoms with Gasteiger partial charge in [-0.15, -0.1) is 0 Å². The van der Waals surface area contributed by atoms with Gasteiger partial charge in [0.05, 0.1) is 4.90 Å². The average Bonchev–Trinajstić information content (AvgIpc) is 2.88. The zero-order valence-corrected chi connectivity index (χ0v) is 15.2. The van der Waals surface area contributed by atoms with Gasteiger partial charge in [-0.1, -0.05) is 50.2 Å². The van der Waals surface area contributed by atoms with Crippen LogP contribution in [-0.4, -0.2) is 8.42 Å². The van der Waals surface area contributed by atoms with Crippen LogP contribution in [0.5, 0.6) is 0 Å². The van der Waals surface area contributed by atoms with E-state index in [-0.39, 0.29) is 4.90 Å². The maximum Gasteiger partial charge on any atom is 0.261 e. The molecule has 0 spiro atoms. The lowest BCUT2D eigenvalue weighted by molar-refractivity contribution is 0.532. The average molecular weight is 351 g/mol. The van der Waals surface area contributed by atoms with Gasteiger partial charge < -0.3 is 0 Å². The molecule has 2 atom stereocenters. The zero-order valence-electron chi connectivity index (χ0n) is 14.4. The predicted octanol–water partition coefficient (Wildman–Crippen LogP) is 4.94. The third-order valence-corrected chi connectivity index (χ3v) is 6.69. The van der Waals surface area contributed by atoms with Crippen LogP contribution in [0.3, 0.4) is 0 Å². The molecule has 0 bridgehead atoms. The van der Waals surface area contributed by atoms with Gasteiger partial charge in [0.2, 0.25) is 0 Å². The topological polar surface area (TPSA) is 46.2 Å². The number of sulfonamides is 1. The maximum atomic E-state index is 12.8. The first kappa shape index (κ1) is 16.2. The summed E-state index contributed by atoms with van der Waals surface area (Å²) in [6, 6.07) is 18.9. The van der Waals surface area contributed by atoms with Crippen molar-refractivity contribution in [1.29, 1.82) is 0 Å². The lowest BCUT2D eigenvalue weighted by Crippen LogP contribution is -2.13. The monoisotopic (exact) mass is 351 g/mol. The molecule has 4 heteroatoms. The summed E-state index contributed by atoms with van der Waals surface area (Å²) in [6.07, 6.45) is 1.06. The first-order chi connectivity index (χ1) is 11.9. The lowest BCUT2D eigenvalue weighted by Gasteiger charge is -2.13. The molecule has 0 saturated carbocycles. The number of hydrogen-bond donors (Lipinski definition) is 1.